The highest BCUT2D eigenvalue weighted by molar-refractivity contribution is 7.15. The Morgan fingerprint density at radius 1 is 1.41 bits per heavy atom. The first-order valence-corrected chi connectivity index (χ1v) is 7.69. The number of nitrogens with one attached hydrogen (secondary N) is 1. The van der Waals surface area contributed by atoms with Crippen LogP contribution in [0.2, 0.25) is 0 Å². The van der Waals surface area contributed by atoms with E-state index in [9.17, 15) is 4.79 Å². The van der Waals surface area contributed by atoms with Gasteiger partial charge in [-0.05, 0) is 24.6 Å². The third kappa shape index (κ3) is 2.10. The molecule has 1 amide bonds. The van der Waals surface area contributed by atoms with Crippen molar-refractivity contribution in [2.75, 3.05) is 6.79 Å². The molecule has 0 saturated heterocycles. The molecule has 1 N–H and O–H groups in total. The molecule has 3 heterocycles. The van der Waals surface area contributed by atoms with Crippen LogP contribution in [0.5, 0.6) is 11.5 Å². The molecular weight excluding hydrogens is 302 g/mol. The van der Waals surface area contributed by atoms with E-state index >= 15 is 0 Å². The van der Waals surface area contributed by atoms with Gasteiger partial charge in [-0.2, -0.15) is 0 Å². The fourth-order valence-electron chi connectivity index (χ4n) is 2.48. The molecule has 0 aliphatic carbocycles. The maximum Gasteiger partial charge on any atom is 0.270 e. The van der Waals surface area contributed by atoms with E-state index in [2.05, 4.69) is 10.3 Å². The van der Waals surface area contributed by atoms with Crippen molar-refractivity contribution in [1.82, 2.24) is 14.7 Å². The highest BCUT2D eigenvalue weighted by Gasteiger charge is 2.18. The van der Waals surface area contributed by atoms with Crippen LogP contribution in [-0.4, -0.2) is 22.1 Å². The molecule has 0 unspecified atom stereocenters. The minimum Gasteiger partial charge on any atom is -0.454 e. The summed E-state index contributed by atoms with van der Waals surface area (Å²) in [5.41, 5.74) is 2.27. The Hall–Kier alpha value is -2.54. The van der Waals surface area contributed by atoms with Gasteiger partial charge in [0.2, 0.25) is 6.79 Å². The number of aryl methyl sites for hydroxylation is 1. The number of ether oxygens (including phenoxy) is 2. The number of hydrogen-bond donors (Lipinski definition) is 1. The second-order valence-corrected chi connectivity index (χ2v) is 5.84. The topological polar surface area (TPSA) is 64.9 Å². The molecule has 2 aromatic heterocycles. The predicted octanol–water partition coefficient (Wildman–Crippen LogP) is 2.36. The van der Waals surface area contributed by atoms with Gasteiger partial charge in [-0.25, -0.2) is 4.98 Å². The minimum absolute atomic E-state index is 0.138. The molecular formula is C15H13N3O3S. The second kappa shape index (κ2) is 5.03. The van der Waals surface area contributed by atoms with Crippen molar-refractivity contribution in [2.45, 2.75) is 13.5 Å². The van der Waals surface area contributed by atoms with E-state index in [1.807, 2.05) is 41.1 Å². The van der Waals surface area contributed by atoms with Crippen molar-refractivity contribution in [1.29, 1.82) is 0 Å². The molecule has 4 rings (SSSR count). The lowest BCUT2D eigenvalue weighted by Gasteiger charge is -2.06. The summed E-state index contributed by atoms with van der Waals surface area (Å²) >= 11 is 1.51. The van der Waals surface area contributed by atoms with Crippen LogP contribution in [0.4, 0.5) is 0 Å². The van der Waals surface area contributed by atoms with Crippen LogP contribution in [0.1, 0.15) is 21.7 Å². The third-order valence-electron chi connectivity index (χ3n) is 3.54. The van der Waals surface area contributed by atoms with E-state index < -0.39 is 0 Å². The number of fused-ring (bicyclic) bond motifs is 2. The van der Waals surface area contributed by atoms with Crippen LogP contribution in [0.15, 0.2) is 29.8 Å². The standard InChI is InChI=1S/C15H13N3O3S/c1-9-13(18-4-5-22-15(18)17-9)14(19)16-7-10-2-3-11-12(6-10)21-8-20-11/h2-6H,7-8H2,1H3,(H,16,19). The molecule has 1 aliphatic heterocycles. The highest BCUT2D eigenvalue weighted by atomic mass is 32.1. The van der Waals surface area contributed by atoms with Crippen molar-refractivity contribution in [2.24, 2.45) is 0 Å². The predicted molar refractivity (Wildman–Crippen MR) is 81.5 cm³/mol. The van der Waals surface area contributed by atoms with Crippen molar-refractivity contribution in [3.8, 4) is 11.5 Å². The lowest BCUT2D eigenvalue weighted by atomic mass is 10.2. The summed E-state index contributed by atoms with van der Waals surface area (Å²) in [6.45, 7) is 2.51. The fraction of sp³-hybridized carbons (Fsp3) is 0.200. The fourth-order valence-corrected chi connectivity index (χ4v) is 3.24. The van der Waals surface area contributed by atoms with E-state index in [1.165, 1.54) is 11.3 Å². The third-order valence-corrected chi connectivity index (χ3v) is 4.30. The van der Waals surface area contributed by atoms with Gasteiger partial charge in [0.15, 0.2) is 16.5 Å². The Bertz CT molecular complexity index is 868. The van der Waals surface area contributed by atoms with Crippen LogP contribution in [0.3, 0.4) is 0 Å². The molecule has 22 heavy (non-hydrogen) atoms. The second-order valence-electron chi connectivity index (χ2n) is 4.97. The number of aromatic nitrogens is 2. The summed E-state index contributed by atoms with van der Waals surface area (Å²) in [5.74, 6) is 1.32. The number of nitrogens with zero attached hydrogens (tertiary/aromatic N) is 2. The lowest BCUT2D eigenvalue weighted by molar-refractivity contribution is 0.0944. The van der Waals surface area contributed by atoms with Gasteiger partial charge < -0.3 is 14.8 Å². The van der Waals surface area contributed by atoms with Crippen LogP contribution in [0, 0.1) is 6.92 Å². The van der Waals surface area contributed by atoms with Gasteiger partial charge in [0, 0.05) is 18.1 Å². The highest BCUT2D eigenvalue weighted by Crippen LogP contribution is 2.32. The monoisotopic (exact) mass is 315 g/mol. The number of imidazole rings is 1. The summed E-state index contributed by atoms with van der Waals surface area (Å²) in [5, 5.41) is 4.84. The number of rotatable bonds is 3. The molecule has 1 aromatic carbocycles. The summed E-state index contributed by atoms with van der Waals surface area (Å²) in [6.07, 6.45) is 1.86. The van der Waals surface area contributed by atoms with Gasteiger partial charge in [0.1, 0.15) is 5.69 Å². The van der Waals surface area contributed by atoms with Crippen molar-refractivity contribution in [3.05, 3.63) is 46.7 Å². The number of carbonyl (C=O) groups is 1. The zero-order chi connectivity index (χ0) is 15.1. The Labute approximate surface area is 130 Å². The molecule has 1 aliphatic rings. The van der Waals surface area contributed by atoms with E-state index in [0.717, 1.165) is 22.0 Å². The molecule has 6 nitrogen and oxygen atoms in total. The van der Waals surface area contributed by atoms with E-state index in [0.29, 0.717) is 18.0 Å². The maximum atomic E-state index is 12.4. The van der Waals surface area contributed by atoms with Crippen LogP contribution >= 0.6 is 11.3 Å². The van der Waals surface area contributed by atoms with Crippen molar-refractivity contribution < 1.29 is 14.3 Å². The van der Waals surface area contributed by atoms with Crippen LogP contribution in [-0.2, 0) is 6.54 Å². The van der Waals surface area contributed by atoms with Gasteiger partial charge in [-0.3, -0.25) is 9.20 Å². The number of benzene rings is 1. The summed E-state index contributed by atoms with van der Waals surface area (Å²) in [6, 6.07) is 5.65. The van der Waals surface area contributed by atoms with Crippen molar-refractivity contribution in [3.63, 3.8) is 0 Å². The summed E-state index contributed by atoms with van der Waals surface area (Å²) in [7, 11) is 0. The normalized spacial score (nSPS) is 12.8. The van der Waals surface area contributed by atoms with Crippen molar-refractivity contribution >= 4 is 22.2 Å². The Balaban J connectivity index is 1.53. The molecule has 0 bridgehead atoms. The average molecular weight is 315 g/mol. The molecule has 0 spiro atoms. The summed E-state index contributed by atoms with van der Waals surface area (Å²) < 4.78 is 12.4. The molecule has 0 radical (unpaired) electrons. The number of thiazole rings is 1. The van der Waals surface area contributed by atoms with E-state index in [-0.39, 0.29) is 12.7 Å². The Morgan fingerprint density at radius 3 is 3.18 bits per heavy atom. The lowest BCUT2D eigenvalue weighted by Crippen LogP contribution is -2.24. The molecule has 0 atom stereocenters. The quantitative estimate of drug-likeness (QED) is 0.806. The smallest absolute Gasteiger partial charge is 0.270 e. The molecule has 112 valence electrons. The summed E-state index contributed by atoms with van der Waals surface area (Å²) in [4.78, 5) is 17.6. The number of amides is 1. The first kappa shape index (κ1) is 13.1. The first-order chi connectivity index (χ1) is 10.7. The van der Waals surface area contributed by atoms with Gasteiger partial charge in [-0.1, -0.05) is 6.07 Å². The van der Waals surface area contributed by atoms with Gasteiger partial charge >= 0.3 is 0 Å². The van der Waals surface area contributed by atoms with Gasteiger partial charge in [0.25, 0.3) is 5.91 Å². The molecule has 0 fully saturated rings. The van der Waals surface area contributed by atoms with E-state index in [4.69, 9.17) is 9.47 Å². The number of carbonyl (C=O) groups excluding carboxylic acids is 1. The minimum atomic E-state index is -0.138. The Morgan fingerprint density at radius 2 is 2.27 bits per heavy atom. The Kier molecular flexibility index (Phi) is 3.00. The zero-order valence-corrected chi connectivity index (χ0v) is 12.6. The zero-order valence-electron chi connectivity index (χ0n) is 11.8. The SMILES string of the molecule is Cc1nc2sccn2c1C(=O)NCc1ccc2c(c1)OCO2. The van der Waals surface area contributed by atoms with Crippen LogP contribution in [0.25, 0.3) is 4.96 Å². The largest absolute Gasteiger partial charge is 0.454 e. The van der Waals surface area contributed by atoms with Crippen LogP contribution < -0.4 is 14.8 Å². The molecule has 3 aromatic rings. The van der Waals surface area contributed by atoms with Gasteiger partial charge in [-0.15, -0.1) is 11.3 Å². The average Bonchev–Trinajstić information content (AvgIpc) is 3.19. The first-order valence-electron chi connectivity index (χ1n) is 6.81. The number of hydrogen-bond acceptors (Lipinski definition) is 5. The molecule has 7 heteroatoms. The maximum absolute atomic E-state index is 12.4. The van der Waals surface area contributed by atoms with Gasteiger partial charge in [0.05, 0.1) is 5.69 Å². The molecule has 0 saturated carbocycles. The van der Waals surface area contributed by atoms with E-state index in [1.54, 1.807) is 0 Å².